The summed E-state index contributed by atoms with van der Waals surface area (Å²) in [7, 11) is 0. The number of benzene rings is 3. The van der Waals surface area contributed by atoms with Crippen molar-refractivity contribution in [1.82, 2.24) is 9.88 Å². The molecule has 1 aromatic heterocycles. The number of alkyl carbamates (subject to hydrolysis) is 1. The fourth-order valence-corrected chi connectivity index (χ4v) is 4.06. The molecule has 0 saturated heterocycles. The van der Waals surface area contributed by atoms with Crippen molar-refractivity contribution in [2.45, 2.75) is 27.0 Å². The van der Waals surface area contributed by atoms with Gasteiger partial charge < -0.3 is 14.6 Å². The van der Waals surface area contributed by atoms with Crippen molar-refractivity contribution in [2.24, 2.45) is 0 Å². The van der Waals surface area contributed by atoms with Crippen LogP contribution in [0.2, 0.25) is 5.02 Å². The zero-order chi connectivity index (χ0) is 24.9. The van der Waals surface area contributed by atoms with Crippen LogP contribution in [-0.2, 0) is 17.9 Å². The van der Waals surface area contributed by atoms with Gasteiger partial charge in [0.2, 0.25) is 0 Å². The number of carbonyl (C=O) groups is 2. The van der Waals surface area contributed by atoms with Crippen LogP contribution in [-0.4, -0.2) is 16.4 Å². The molecule has 0 radical (unpaired) electrons. The van der Waals surface area contributed by atoms with Crippen molar-refractivity contribution >= 4 is 23.5 Å². The molecule has 4 aromatic rings. The molecule has 0 spiro atoms. The van der Waals surface area contributed by atoms with Gasteiger partial charge in [0.25, 0.3) is 0 Å². The van der Waals surface area contributed by atoms with Crippen LogP contribution >= 0.6 is 11.6 Å². The number of rotatable bonds is 7. The van der Waals surface area contributed by atoms with Crippen molar-refractivity contribution < 1.29 is 18.7 Å². The Hall–Kier alpha value is -3.90. The van der Waals surface area contributed by atoms with Gasteiger partial charge in [-0.25, -0.2) is 9.18 Å². The van der Waals surface area contributed by atoms with E-state index in [4.69, 9.17) is 16.3 Å². The second-order valence-electron chi connectivity index (χ2n) is 8.13. The van der Waals surface area contributed by atoms with Crippen LogP contribution in [0.1, 0.15) is 38.4 Å². The number of amides is 1. The Kier molecular flexibility index (Phi) is 7.32. The number of nitrogens with one attached hydrogen (secondary N) is 1. The quantitative estimate of drug-likeness (QED) is 0.299. The SMILES string of the molecule is Cc1cc(CNC(=O)OCc2ccccc2)n(-c2ccc(Cl)cc2C(=O)c2ccccc2F)c1C. The predicted molar refractivity (Wildman–Crippen MR) is 134 cm³/mol. The third kappa shape index (κ3) is 5.44. The molecule has 0 aliphatic heterocycles. The van der Waals surface area contributed by atoms with Gasteiger partial charge in [-0.3, -0.25) is 4.79 Å². The maximum absolute atomic E-state index is 14.4. The second kappa shape index (κ2) is 10.6. The molecule has 4 rings (SSSR count). The summed E-state index contributed by atoms with van der Waals surface area (Å²) < 4.78 is 21.6. The summed E-state index contributed by atoms with van der Waals surface area (Å²) in [5.41, 5.74) is 4.23. The molecular weight excluding hydrogens is 467 g/mol. The van der Waals surface area contributed by atoms with Gasteiger partial charge in [0.15, 0.2) is 5.78 Å². The number of ether oxygens (including phenoxy) is 1. The standard InChI is InChI=1S/C28H24ClFN2O3/c1-18-14-22(16-31-28(34)35-17-20-8-4-3-5-9-20)32(19(18)2)26-13-12-21(29)15-24(26)27(33)23-10-6-7-11-25(23)30/h3-15H,16-17H2,1-2H3,(H,31,34). The van der Waals surface area contributed by atoms with E-state index in [0.29, 0.717) is 10.7 Å². The Labute approximate surface area is 208 Å². The summed E-state index contributed by atoms with van der Waals surface area (Å²) in [5, 5.41) is 3.13. The topological polar surface area (TPSA) is 60.3 Å². The maximum Gasteiger partial charge on any atom is 0.407 e. The van der Waals surface area contributed by atoms with Gasteiger partial charge >= 0.3 is 6.09 Å². The minimum atomic E-state index is -0.605. The van der Waals surface area contributed by atoms with E-state index in [1.54, 1.807) is 18.2 Å². The number of nitrogens with zero attached hydrogens (tertiary/aromatic N) is 1. The van der Waals surface area contributed by atoms with E-state index in [1.807, 2.05) is 54.8 Å². The third-order valence-corrected chi connectivity index (χ3v) is 6.00. The van der Waals surface area contributed by atoms with E-state index >= 15 is 0 Å². The number of carbonyl (C=O) groups excluding carboxylic acids is 2. The first-order valence-corrected chi connectivity index (χ1v) is 11.4. The van der Waals surface area contributed by atoms with Crippen LogP contribution in [0.25, 0.3) is 5.69 Å². The normalized spacial score (nSPS) is 10.7. The lowest BCUT2D eigenvalue weighted by Gasteiger charge is -2.17. The molecule has 0 bridgehead atoms. The molecule has 1 amide bonds. The molecule has 0 aliphatic rings. The summed E-state index contributed by atoms with van der Waals surface area (Å²) in [6, 6.07) is 22.1. The van der Waals surface area contributed by atoms with E-state index in [-0.39, 0.29) is 24.3 Å². The first-order valence-electron chi connectivity index (χ1n) is 11.1. The Morgan fingerprint density at radius 1 is 0.943 bits per heavy atom. The minimum Gasteiger partial charge on any atom is -0.445 e. The largest absolute Gasteiger partial charge is 0.445 e. The Bertz CT molecular complexity index is 1380. The Balaban J connectivity index is 1.62. The molecule has 0 unspecified atom stereocenters. The monoisotopic (exact) mass is 490 g/mol. The number of aryl methyl sites for hydroxylation is 1. The van der Waals surface area contributed by atoms with E-state index < -0.39 is 17.7 Å². The average Bonchev–Trinajstić information content (AvgIpc) is 3.15. The van der Waals surface area contributed by atoms with Gasteiger partial charge in [0, 0.05) is 22.0 Å². The molecule has 35 heavy (non-hydrogen) atoms. The van der Waals surface area contributed by atoms with E-state index in [2.05, 4.69) is 5.32 Å². The van der Waals surface area contributed by atoms with Crippen LogP contribution in [0.4, 0.5) is 9.18 Å². The lowest BCUT2D eigenvalue weighted by Crippen LogP contribution is -2.25. The minimum absolute atomic E-state index is 0.0401. The van der Waals surface area contributed by atoms with Crippen molar-refractivity contribution in [2.75, 3.05) is 0 Å². The number of hydrogen-bond acceptors (Lipinski definition) is 3. The van der Waals surface area contributed by atoms with Crippen LogP contribution in [0.3, 0.4) is 0 Å². The molecule has 178 valence electrons. The van der Waals surface area contributed by atoms with Gasteiger partial charge in [-0.05, 0) is 61.4 Å². The van der Waals surface area contributed by atoms with Crippen LogP contribution < -0.4 is 5.32 Å². The van der Waals surface area contributed by atoms with E-state index in [1.165, 1.54) is 24.3 Å². The van der Waals surface area contributed by atoms with Crippen molar-refractivity contribution in [3.63, 3.8) is 0 Å². The number of ketones is 1. The second-order valence-corrected chi connectivity index (χ2v) is 8.56. The first kappa shape index (κ1) is 24.2. The first-order chi connectivity index (χ1) is 16.8. The van der Waals surface area contributed by atoms with Gasteiger partial charge in [0.05, 0.1) is 17.8 Å². The Morgan fingerprint density at radius 2 is 1.66 bits per heavy atom. The molecular formula is C28H24ClFN2O3. The summed E-state index contributed by atoms with van der Waals surface area (Å²) in [5.74, 6) is -1.08. The molecule has 0 saturated carbocycles. The lowest BCUT2D eigenvalue weighted by atomic mass is 10.0. The highest BCUT2D eigenvalue weighted by atomic mass is 35.5. The lowest BCUT2D eigenvalue weighted by molar-refractivity contribution is 0.103. The van der Waals surface area contributed by atoms with Crippen LogP contribution in [0, 0.1) is 19.7 Å². The highest BCUT2D eigenvalue weighted by Gasteiger charge is 2.21. The maximum atomic E-state index is 14.4. The number of aromatic nitrogens is 1. The molecule has 0 aliphatic carbocycles. The van der Waals surface area contributed by atoms with Gasteiger partial charge in [-0.15, -0.1) is 0 Å². The fraction of sp³-hybridized carbons (Fsp3) is 0.143. The summed E-state index contributed by atoms with van der Waals surface area (Å²) in [4.78, 5) is 25.6. The summed E-state index contributed by atoms with van der Waals surface area (Å²) in [6.45, 7) is 4.18. The molecule has 3 aromatic carbocycles. The third-order valence-electron chi connectivity index (χ3n) is 5.77. The molecule has 0 atom stereocenters. The predicted octanol–water partition coefficient (Wildman–Crippen LogP) is 6.54. The van der Waals surface area contributed by atoms with Gasteiger partial charge in [0.1, 0.15) is 12.4 Å². The van der Waals surface area contributed by atoms with Crippen LogP contribution in [0.5, 0.6) is 0 Å². The van der Waals surface area contributed by atoms with Gasteiger partial charge in [-0.2, -0.15) is 0 Å². The molecule has 1 heterocycles. The highest BCUT2D eigenvalue weighted by Crippen LogP contribution is 2.28. The van der Waals surface area contributed by atoms with E-state index in [9.17, 15) is 14.0 Å². The smallest absolute Gasteiger partial charge is 0.407 e. The zero-order valence-corrected chi connectivity index (χ0v) is 20.1. The molecule has 1 N–H and O–H groups in total. The van der Waals surface area contributed by atoms with E-state index in [0.717, 1.165) is 22.5 Å². The van der Waals surface area contributed by atoms with Crippen molar-refractivity contribution in [1.29, 1.82) is 0 Å². The number of halogens is 2. The molecule has 7 heteroatoms. The number of hydrogen-bond donors (Lipinski definition) is 1. The molecule has 5 nitrogen and oxygen atoms in total. The van der Waals surface area contributed by atoms with Crippen molar-refractivity contribution in [3.8, 4) is 5.69 Å². The highest BCUT2D eigenvalue weighted by molar-refractivity contribution is 6.31. The van der Waals surface area contributed by atoms with Crippen molar-refractivity contribution in [3.05, 3.63) is 123 Å². The molecule has 0 fully saturated rings. The van der Waals surface area contributed by atoms with Crippen LogP contribution in [0.15, 0.2) is 78.9 Å². The zero-order valence-electron chi connectivity index (χ0n) is 19.3. The summed E-state index contributed by atoms with van der Waals surface area (Å²) >= 11 is 6.22. The average molecular weight is 491 g/mol. The Morgan fingerprint density at radius 3 is 2.40 bits per heavy atom. The summed E-state index contributed by atoms with van der Waals surface area (Å²) in [6.07, 6.45) is -0.560. The fourth-order valence-electron chi connectivity index (χ4n) is 3.89. The van der Waals surface area contributed by atoms with Gasteiger partial charge in [-0.1, -0.05) is 54.1 Å².